The van der Waals surface area contributed by atoms with Crippen molar-refractivity contribution in [1.82, 2.24) is 4.90 Å². The Hall–Kier alpha value is -0.770. The topological polar surface area (TPSA) is 49.8 Å². The van der Waals surface area contributed by atoms with E-state index in [1.807, 2.05) is 13.8 Å². The fourth-order valence-electron chi connectivity index (χ4n) is 1.72. The summed E-state index contributed by atoms with van der Waals surface area (Å²) in [6.07, 6.45) is 0.567. The minimum Gasteiger partial charge on any atom is -0.446 e. The van der Waals surface area contributed by atoms with Gasteiger partial charge in [0, 0.05) is 13.0 Å². The third-order valence-corrected chi connectivity index (χ3v) is 2.52. The standard InChI is InChI=1S/C11H21NO3/c1-8(2)9-5-6-12(10(13)15-9)7-11(3,4)14/h8-9,14H,5-7H2,1-4H3. The quantitative estimate of drug-likeness (QED) is 0.778. The monoisotopic (exact) mass is 215 g/mol. The highest BCUT2D eigenvalue weighted by Crippen LogP contribution is 2.20. The third-order valence-electron chi connectivity index (χ3n) is 2.52. The number of carbonyl (C=O) groups excluding carboxylic acids is 1. The largest absolute Gasteiger partial charge is 0.446 e. The van der Waals surface area contributed by atoms with Gasteiger partial charge in [-0.1, -0.05) is 13.8 Å². The van der Waals surface area contributed by atoms with Crippen molar-refractivity contribution in [3.05, 3.63) is 0 Å². The predicted molar refractivity (Wildman–Crippen MR) is 57.6 cm³/mol. The molecule has 15 heavy (non-hydrogen) atoms. The van der Waals surface area contributed by atoms with Gasteiger partial charge in [0.2, 0.25) is 0 Å². The number of hydrogen-bond acceptors (Lipinski definition) is 3. The van der Waals surface area contributed by atoms with E-state index in [4.69, 9.17) is 4.74 Å². The van der Waals surface area contributed by atoms with Crippen molar-refractivity contribution in [2.45, 2.75) is 45.8 Å². The van der Waals surface area contributed by atoms with E-state index in [0.717, 1.165) is 6.42 Å². The Kier molecular flexibility index (Phi) is 3.60. The van der Waals surface area contributed by atoms with Crippen molar-refractivity contribution < 1.29 is 14.6 Å². The second kappa shape index (κ2) is 4.39. The van der Waals surface area contributed by atoms with E-state index in [9.17, 15) is 9.90 Å². The molecule has 1 rings (SSSR count). The molecular formula is C11H21NO3. The lowest BCUT2D eigenvalue weighted by Gasteiger charge is -2.36. The maximum Gasteiger partial charge on any atom is 0.410 e. The first-order valence-corrected chi connectivity index (χ1v) is 5.47. The molecule has 1 heterocycles. The van der Waals surface area contributed by atoms with Crippen LogP contribution in [0.5, 0.6) is 0 Å². The van der Waals surface area contributed by atoms with Crippen molar-refractivity contribution in [3.63, 3.8) is 0 Å². The minimum atomic E-state index is -0.857. The zero-order chi connectivity index (χ0) is 11.6. The van der Waals surface area contributed by atoms with Gasteiger partial charge in [0.25, 0.3) is 0 Å². The first-order valence-electron chi connectivity index (χ1n) is 5.47. The number of nitrogens with zero attached hydrogens (tertiary/aromatic N) is 1. The summed E-state index contributed by atoms with van der Waals surface area (Å²) in [7, 11) is 0. The summed E-state index contributed by atoms with van der Waals surface area (Å²) < 4.78 is 5.28. The molecule has 1 aliphatic rings. The van der Waals surface area contributed by atoms with Crippen LogP contribution in [0.15, 0.2) is 0 Å². The number of rotatable bonds is 3. The molecule has 1 unspecified atom stereocenters. The third kappa shape index (κ3) is 3.70. The maximum atomic E-state index is 11.6. The van der Waals surface area contributed by atoms with Crippen LogP contribution in [-0.2, 0) is 4.74 Å². The normalized spacial score (nSPS) is 23.2. The van der Waals surface area contributed by atoms with Crippen molar-refractivity contribution >= 4 is 6.09 Å². The molecule has 4 heteroatoms. The summed E-state index contributed by atoms with van der Waals surface area (Å²) in [6.45, 7) is 8.47. The lowest BCUT2D eigenvalue weighted by atomic mass is 10.0. The Balaban J connectivity index is 2.50. The zero-order valence-electron chi connectivity index (χ0n) is 9.99. The van der Waals surface area contributed by atoms with Crippen LogP contribution >= 0.6 is 0 Å². The summed E-state index contributed by atoms with van der Waals surface area (Å²) in [5, 5.41) is 9.61. The van der Waals surface area contributed by atoms with Crippen LogP contribution in [0.2, 0.25) is 0 Å². The Morgan fingerprint density at radius 2 is 2.20 bits per heavy atom. The average Bonchev–Trinajstić information content (AvgIpc) is 2.05. The number of amides is 1. The molecule has 0 bridgehead atoms. The van der Waals surface area contributed by atoms with Gasteiger partial charge in [0.1, 0.15) is 6.10 Å². The number of hydrogen-bond donors (Lipinski definition) is 1. The molecule has 0 aliphatic carbocycles. The van der Waals surface area contributed by atoms with E-state index in [1.54, 1.807) is 18.7 Å². The molecule has 0 saturated carbocycles. The number of β-amino-alcohol motifs (C(OH)–C–C–N with tert-alkyl or cyclic N) is 1. The van der Waals surface area contributed by atoms with Gasteiger partial charge in [-0.2, -0.15) is 0 Å². The lowest BCUT2D eigenvalue weighted by molar-refractivity contribution is -0.0237. The van der Waals surface area contributed by atoms with Gasteiger partial charge in [0.15, 0.2) is 0 Å². The van der Waals surface area contributed by atoms with Crippen LogP contribution in [0.1, 0.15) is 34.1 Å². The Morgan fingerprint density at radius 3 is 2.60 bits per heavy atom. The molecule has 0 spiro atoms. The Morgan fingerprint density at radius 1 is 1.60 bits per heavy atom. The minimum absolute atomic E-state index is 0.0237. The van der Waals surface area contributed by atoms with Gasteiger partial charge in [-0.3, -0.25) is 0 Å². The molecule has 1 N–H and O–H groups in total. The van der Waals surface area contributed by atoms with Crippen LogP contribution in [0.4, 0.5) is 4.79 Å². The maximum absolute atomic E-state index is 11.6. The van der Waals surface area contributed by atoms with Crippen LogP contribution < -0.4 is 0 Å². The Bertz CT molecular complexity index is 232. The molecule has 0 radical (unpaired) electrons. The second-order valence-electron chi connectivity index (χ2n) is 5.19. The van der Waals surface area contributed by atoms with Crippen LogP contribution in [0.3, 0.4) is 0 Å². The molecule has 1 saturated heterocycles. The van der Waals surface area contributed by atoms with Crippen molar-refractivity contribution in [2.24, 2.45) is 5.92 Å². The van der Waals surface area contributed by atoms with E-state index < -0.39 is 5.60 Å². The second-order valence-corrected chi connectivity index (χ2v) is 5.19. The smallest absolute Gasteiger partial charge is 0.410 e. The lowest BCUT2D eigenvalue weighted by Crippen LogP contribution is -2.49. The summed E-state index contributed by atoms with van der Waals surface area (Å²) >= 11 is 0. The van der Waals surface area contributed by atoms with Gasteiger partial charge in [-0.15, -0.1) is 0 Å². The molecule has 4 nitrogen and oxygen atoms in total. The molecule has 1 atom stereocenters. The molecule has 1 aliphatic heterocycles. The highest BCUT2D eigenvalue weighted by atomic mass is 16.6. The molecular weight excluding hydrogens is 194 g/mol. The summed E-state index contributed by atoms with van der Waals surface area (Å²) in [6, 6.07) is 0. The van der Waals surface area contributed by atoms with Crippen LogP contribution in [0, 0.1) is 5.92 Å². The Labute approximate surface area is 91.2 Å². The van der Waals surface area contributed by atoms with Gasteiger partial charge in [0.05, 0.1) is 12.1 Å². The molecule has 0 aromatic heterocycles. The molecule has 0 aromatic carbocycles. The molecule has 88 valence electrons. The van der Waals surface area contributed by atoms with Gasteiger partial charge < -0.3 is 14.7 Å². The first kappa shape index (κ1) is 12.3. The summed E-state index contributed by atoms with van der Waals surface area (Å²) in [4.78, 5) is 13.1. The van der Waals surface area contributed by atoms with E-state index in [2.05, 4.69) is 0 Å². The van der Waals surface area contributed by atoms with Gasteiger partial charge in [-0.05, 0) is 19.8 Å². The van der Waals surface area contributed by atoms with E-state index in [0.29, 0.717) is 19.0 Å². The van der Waals surface area contributed by atoms with Crippen molar-refractivity contribution in [1.29, 1.82) is 0 Å². The molecule has 0 aromatic rings. The van der Waals surface area contributed by atoms with Crippen molar-refractivity contribution in [2.75, 3.05) is 13.1 Å². The van der Waals surface area contributed by atoms with Crippen LogP contribution in [0.25, 0.3) is 0 Å². The number of cyclic esters (lactones) is 1. The van der Waals surface area contributed by atoms with E-state index in [1.165, 1.54) is 0 Å². The zero-order valence-corrected chi connectivity index (χ0v) is 9.99. The summed E-state index contributed by atoms with van der Waals surface area (Å²) in [5.74, 6) is 0.359. The highest BCUT2D eigenvalue weighted by Gasteiger charge is 2.31. The summed E-state index contributed by atoms with van der Waals surface area (Å²) in [5.41, 5.74) is -0.857. The SMILES string of the molecule is CC(C)C1CCN(CC(C)(C)O)C(=O)O1. The van der Waals surface area contributed by atoms with Crippen LogP contribution in [-0.4, -0.2) is 40.9 Å². The molecule has 1 fully saturated rings. The number of aliphatic hydroxyl groups is 1. The average molecular weight is 215 g/mol. The predicted octanol–water partition coefficient (Wildman–Crippen LogP) is 1.62. The highest BCUT2D eigenvalue weighted by molar-refractivity contribution is 5.68. The molecule has 1 amide bonds. The van der Waals surface area contributed by atoms with Gasteiger partial charge in [-0.25, -0.2) is 4.79 Å². The van der Waals surface area contributed by atoms with E-state index in [-0.39, 0.29) is 12.2 Å². The first-order chi connectivity index (χ1) is 6.79. The van der Waals surface area contributed by atoms with E-state index >= 15 is 0 Å². The number of ether oxygens (including phenoxy) is 1. The van der Waals surface area contributed by atoms with Gasteiger partial charge >= 0.3 is 6.09 Å². The fourth-order valence-corrected chi connectivity index (χ4v) is 1.72. The fraction of sp³-hybridized carbons (Fsp3) is 0.909. The number of carbonyl (C=O) groups is 1. The van der Waals surface area contributed by atoms with Crippen molar-refractivity contribution in [3.8, 4) is 0 Å².